The van der Waals surface area contributed by atoms with Gasteiger partial charge in [-0.05, 0) is 38.7 Å². The predicted octanol–water partition coefficient (Wildman–Crippen LogP) is 4.03. The number of pyridine rings is 1. The molecule has 0 aromatic carbocycles. The van der Waals surface area contributed by atoms with Crippen molar-refractivity contribution in [3.8, 4) is 0 Å². The van der Waals surface area contributed by atoms with Gasteiger partial charge in [-0.15, -0.1) is 10.2 Å². The van der Waals surface area contributed by atoms with Gasteiger partial charge in [-0.2, -0.15) is 0 Å². The van der Waals surface area contributed by atoms with Gasteiger partial charge in [0, 0.05) is 25.3 Å². The highest BCUT2D eigenvalue weighted by Gasteiger charge is 2.33. The number of anilines is 2. The van der Waals surface area contributed by atoms with E-state index in [1.165, 1.54) is 30.8 Å². The van der Waals surface area contributed by atoms with Gasteiger partial charge in [0.1, 0.15) is 0 Å². The summed E-state index contributed by atoms with van der Waals surface area (Å²) in [5, 5.41) is 12.7. The van der Waals surface area contributed by atoms with Gasteiger partial charge in [0.15, 0.2) is 11.0 Å². The van der Waals surface area contributed by atoms with Crippen molar-refractivity contribution in [2.24, 2.45) is 0 Å². The molecule has 0 radical (unpaired) electrons. The molecule has 1 atom stereocenters. The zero-order valence-corrected chi connectivity index (χ0v) is 17.2. The molecule has 1 saturated heterocycles. The van der Waals surface area contributed by atoms with Crippen LogP contribution in [0.5, 0.6) is 0 Å². The highest BCUT2D eigenvalue weighted by molar-refractivity contribution is 8.00. The molecule has 1 N–H and O–H groups in total. The van der Waals surface area contributed by atoms with Gasteiger partial charge in [0.05, 0.1) is 15.3 Å². The Kier molecular flexibility index (Phi) is 5.48. The first-order valence-corrected chi connectivity index (χ1v) is 10.6. The SMILES string of the molecule is C[C@@H](Sc1nnc(N2CCCC2)n1C1CC1)C(=O)Nc1ncc(Cl)cc1Cl. The average molecular weight is 427 g/mol. The highest BCUT2D eigenvalue weighted by atomic mass is 35.5. The first-order chi connectivity index (χ1) is 13.0. The van der Waals surface area contributed by atoms with E-state index in [1.807, 2.05) is 6.92 Å². The molecule has 27 heavy (non-hydrogen) atoms. The molecule has 0 spiro atoms. The Bertz CT molecular complexity index is 850. The van der Waals surface area contributed by atoms with Gasteiger partial charge in [0.2, 0.25) is 11.9 Å². The molecule has 144 valence electrons. The molecule has 2 aliphatic rings. The van der Waals surface area contributed by atoms with Crippen LogP contribution in [-0.2, 0) is 4.79 Å². The largest absolute Gasteiger partial charge is 0.341 e. The van der Waals surface area contributed by atoms with Crippen LogP contribution < -0.4 is 10.2 Å². The molecule has 0 unspecified atom stereocenters. The van der Waals surface area contributed by atoms with Crippen LogP contribution in [0, 0.1) is 0 Å². The molecule has 2 fully saturated rings. The third kappa shape index (κ3) is 4.17. The number of hydrogen-bond donors (Lipinski definition) is 1. The Morgan fingerprint density at radius 3 is 2.70 bits per heavy atom. The summed E-state index contributed by atoms with van der Waals surface area (Å²) in [5.74, 6) is 1.05. The standard InChI is InChI=1S/C17H20Cl2N6OS/c1-10(15(26)21-14-13(19)8-11(18)9-20-14)27-17-23-22-16(24-6-2-3-7-24)25(17)12-4-5-12/h8-10,12H,2-7H2,1H3,(H,20,21,26)/t10-/m1/s1. The van der Waals surface area contributed by atoms with E-state index in [9.17, 15) is 4.79 Å². The van der Waals surface area contributed by atoms with E-state index in [1.54, 1.807) is 6.07 Å². The molecule has 1 aliphatic carbocycles. The minimum absolute atomic E-state index is 0.190. The van der Waals surface area contributed by atoms with E-state index in [4.69, 9.17) is 23.2 Å². The zero-order valence-electron chi connectivity index (χ0n) is 14.9. The van der Waals surface area contributed by atoms with Crippen molar-refractivity contribution in [2.45, 2.75) is 49.1 Å². The lowest BCUT2D eigenvalue weighted by atomic mass is 10.4. The van der Waals surface area contributed by atoms with E-state index >= 15 is 0 Å². The van der Waals surface area contributed by atoms with Crippen molar-refractivity contribution in [1.82, 2.24) is 19.7 Å². The molecular weight excluding hydrogens is 407 g/mol. The number of nitrogens with zero attached hydrogens (tertiary/aromatic N) is 5. The monoisotopic (exact) mass is 426 g/mol. The van der Waals surface area contributed by atoms with Crippen molar-refractivity contribution < 1.29 is 4.79 Å². The predicted molar refractivity (Wildman–Crippen MR) is 108 cm³/mol. The number of halogens is 2. The molecule has 4 rings (SSSR count). The normalized spacial score (nSPS) is 18.0. The van der Waals surface area contributed by atoms with Crippen molar-refractivity contribution in [3.05, 3.63) is 22.3 Å². The van der Waals surface area contributed by atoms with Gasteiger partial charge in [-0.1, -0.05) is 35.0 Å². The van der Waals surface area contributed by atoms with Crippen LogP contribution in [0.1, 0.15) is 38.6 Å². The molecular formula is C17H20Cl2N6OS. The summed E-state index contributed by atoms with van der Waals surface area (Å²) in [6, 6.07) is 2.00. The third-order valence-electron chi connectivity index (χ3n) is 4.65. The average Bonchev–Trinajstić information content (AvgIpc) is 3.16. The van der Waals surface area contributed by atoms with Crippen molar-refractivity contribution >= 4 is 52.6 Å². The van der Waals surface area contributed by atoms with Crippen LogP contribution in [-0.4, -0.2) is 44.0 Å². The fourth-order valence-electron chi connectivity index (χ4n) is 3.07. The maximum absolute atomic E-state index is 12.6. The Balaban J connectivity index is 1.47. The molecule has 1 aliphatic heterocycles. The molecule has 1 saturated carbocycles. The number of rotatable bonds is 6. The lowest BCUT2D eigenvalue weighted by Gasteiger charge is -2.18. The molecule has 10 heteroatoms. The number of carbonyl (C=O) groups excluding carboxylic acids is 1. The third-order valence-corrected chi connectivity index (χ3v) is 6.20. The van der Waals surface area contributed by atoms with Gasteiger partial charge >= 0.3 is 0 Å². The maximum Gasteiger partial charge on any atom is 0.238 e. The Labute approximate surface area is 171 Å². The van der Waals surface area contributed by atoms with Crippen molar-refractivity contribution in [1.29, 1.82) is 0 Å². The molecule has 3 heterocycles. The summed E-state index contributed by atoms with van der Waals surface area (Å²) in [6.45, 7) is 3.88. The smallest absolute Gasteiger partial charge is 0.238 e. The van der Waals surface area contributed by atoms with Gasteiger partial charge in [-0.25, -0.2) is 4.98 Å². The lowest BCUT2D eigenvalue weighted by molar-refractivity contribution is -0.115. The number of hydrogen-bond acceptors (Lipinski definition) is 6. The second-order valence-electron chi connectivity index (χ2n) is 6.81. The van der Waals surface area contributed by atoms with E-state index in [0.29, 0.717) is 21.9 Å². The Morgan fingerprint density at radius 1 is 1.30 bits per heavy atom. The summed E-state index contributed by atoms with van der Waals surface area (Å²) in [5.41, 5.74) is 0. The molecule has 2 aromatic heterocycles. The zero-order chi connectivity index (χ0) is 19.0. The van der Waals surface area contributed by atoms with E-state index in [-0.39, 0.29) is 11.2 Å². The van der Waals surface area contributed by atoms with Crippen LogP contribution in [0.4, 0.5) is 11.8 Å². The number of aromatic nitrogens is 4. The number of nitrogens with one attached hydrogen (secondary N) is 1. The van der Waals surface area contributed by atoms with Crippen LogP contribution in [0.3, 0.4) is 0 Å². The van der Waals surface area contributed by atoms with Gasteiger partial charge < -0.3 is 10.2 Å². The number of carbonyl (C=O) groups is 1. The van der Waals surface area contributed by atoms with Gasteiger partial charge in [-0.3, -0.25) is 9.36 Å². The van der Waals surface area contributed by atoms with Crippen LogP contribution in [0.2, 0.25) is 10.0 Å². The first-order valence-electron chi connectivity index (χ1n) is 9.01. The summed E-state index contributed by atoms with van der Waals surface area (Å²) in [6.07, 6.45) is 6.10. The summed E-state index contributed by atoms with van der Waals surface area (Å²) in [7, 11) is 0. The summed E-state index contributed by atoms with van der Waals surface area (Å²) < 4.78 is 2.20. The quantitative estimate of drug-likeness (QED) is 0.702. The second-order valence-corrected chi connectivity index (χ2v) is 8.96. The molecule has 1 amide bonds. The molecule has 2 aromatic rings. The highest BCUT2D eigenvalue weighted by Crippen LogP contribution is 2.42. The van der Waals surface area contributed by atoms with Crippen LogP contribution in [0.25, 0.3) is 0 Å². The van der Waals surface area contributed by atoms with Crippen molar-refractivity contribution in [3.63, 3.8) is 0 Å². The van der Waals surface area contributed by atoms with Crippen LogP contribution >= 0.6 is 35.0 Å². The number of thioether (sulfide) groups is 1. The lowest BCUT2D eigenvalue weighted by Crippen LogP contribution is -2.24. The van der Waals surface area contributed by atoms with E-state index in [0.717, 1.165) is 37.0 Å². The minimum Gasteiger partial charge on any atom is -0.341 e. The summed E-state index contributed by atoms with van der Waals surface area (Å²) >= 11 is 13.3. The fourth-order valence-corrected chi connectivity index (χ4v) is 4.41. The first kappa shape index (κ1) is 18.8. The Morgan fingerprint density at radius 2 is 2.04 bits per heavy atom. The maximum atomic E-state index is 12.6. The van der Waals surface area contributed by atoms with E-state index < -0.39 is 0 Å². The van der Waals surface area contributed by atoms with Gasteiger partial charge in [0.25, 0.3) is 0 Å². The fraction of sp³-hybridized carbons (Fsp3) is 0.529. The molecule has 0 bridgehead atoms. The van der Waals surface area contributed by atoms with E-state index in [2.05, 4.69) is 30.0 Å². The second kappa shape index (κ2) is 7.85. The number of amides is 1. The Hall–Kier alpha value is -1.51. The minimum atomic E-state index is -0.369. The summed E-state index contributed by atoms with van der Waals surface area (Å²) in [4.78, 5) is 18.9. The topological polar surface area (TPSA) is 75.9 Å². The van der Waals surface area contributed by atoms with Crippen LogP contribution in [0.15, 0.2) is 17.4 Å². The molecule has 7 nitrogen and oxygen atoms in total. The van der Waals surface area contributed by atoms with Crippen molar-refractivity contribution in [2.75, 3.05) is 23.3 Å².